The molecule has 0 bridgehead atoms. The summed E-state index contributed by atoms with van der Waals surface area (Å²) in [5.41, 5.74) is 11.3. The Morgan fingerprint density at radius 3 is 2.35 bits per heavy atom. The van der Waals surface area contributed by atoms with Crippen molar-refractivity contribution in [2.75, 3.05) is 11.1 Å². The topological polar surface area (TPSA) is 61.8 Å². The van der Waals surface area contributed by atoms with Crippen LogP contribution in [0.1, 0.15) is 16.7 Å². The molecule has 0 aromatic heterocycles. The van der Waals surface area contributed by atoms with E-state index in [4.69, 9.17) is 5.73 Å². The third kappa shape index (κ3) is 3.50. The number of nitrogen functional groups attached to an aromatic ring is 1. The molecule has 0 spiro atoms. The van der Waals surface area contributed by atoms with E-state index in [1.165, 1.54) is 11.1 Å². The molecule has 0 unspecified atom stereocenters. The summed E-state index contributed by atoms with van der Waals surface area (Å²) in [5.74, 6) is 0. The second-order valence-electron chi connectivity index (χ2n) is 5.37. The van der Waals surface area contributed by atoms with Gasteiger partial charge in [0.2, 0.25) is 0 Å². The van der Waals surface area contributed by atoms with Crippen molar-refractivity contribution in [1.82, 2.24) is 0 Å². The number of hydrogen-bond donors (Lipinski definition) is 2. The van der Waals surface area contributed by atoms with Crippen LogP contribution in [0.3, 0.4) is 0 Å². The number of nitrogens with zero attached hydrogens (tertiary/aromatic N) is 1. The zero-order chi connectivity index (χ0) is 16.1. The zero-order valence-electron chi connectivity index (χ0n) is 12.7. The molecule has 0 saturated heterocycles. The lowest BCUT2D eigenvalue weighted by Gasteiger charge is -2.12. The molecule has 3 aromatic carbocycles. The summed E-state index contributed by atoms with van der Waals surface area (Å²) >= 11 is 0. The molecule has 0 amide bonds. The second-order valence-corrected chi connectivity index (χ2v) is 5.37. The first kappa shape index (κ1) is 14.7. The average molecular weight is 299 g/mol. The van der Waals surface area contributed by atoms with Gasteiger partial charge >= 0.3 is 0 Å². The maximum Gasteiger partial charge on any atom is 0.101 e. The number of benzene rings is 3. The molecular weight excluding hydrogens is 282 g/mol. The van der Waals surface area contributed by atoms with Gasteiger partial charge in [-0.3, -0.25) is 0 Å². The lowest BCUT2D eigenvalue weighted by Crippen LogP contribution is -1.99. The van der Waals surface area contributed by atoms with Crippen LogP contribution in [-0.4, -0.2) is 0 Å². The first-order chi connectivity index (χ1) is 11.3. The summed E-state index contributed by atoms with van der Waals surface area (Å²) in [5, 5.41) is 12.5. The third-order valence-electron chi connectivity index (χ3n) is 3.69. The maximum absolute atomic E-state index is 9.19. The molecule has 0 aliphatic heterocycles. The van der Waals surface area contributed by atoms with Gasteiger partial charge in [0, 0.05) is 0 Å². The van der Waals surface area contributed by atoms with Gasteiger partial charge in [-0.05, 0) is 41.8 Å². The van der Waals surface area contributed by atoms with E-state index in [-0.39, 0.29) is 0 Å². The highest BCUT2D eigenvalue weighted by atomic mass is 14.9. The van der Waals surface area contributed by atoms with Gasteiger partial charge in [-0.25, -0.2) is 0 Å². The van der Waals surface area contributed by atoms with Crippen LogP contribution >= 0.6 is 0 Å². The predicted molar refractivity (Wildman–Crippen MR) is 94.5 cm³/mol. The van der Waals surface area contributed by atoms with E-state index < -0.39 is 0 Å². The molecule has 0 atom stereocenters. The Bertz CT molecular complexity index is 848. The normalized spacial score (nSPS) is 10.0. The number of para-hydroxylation sites is 1. The number of nitrogens with one attached hydrogen (secondary N) is 1. The van der Waals surface area contributed by atoms with Crippen LogP contribution in [0, 0.1) is 11.3 Å². The van der Waals surface area contributed by atoms with Gasteiger partial charge in [-0.2, -0.15) is 5.26 Å². The van der Waals surface area contributed by atoms with E-state index in [2.05, 4.69) is 23.5 Å². The van der Waals surface area contributed by atoms with Crippen molar-refractivity contribution < 1.29 is 0 Å². The number of nitrogens with two attached hydrogens (primary N) is 1. The monoisotopic (exact) mass is 299 g/mol. The quantitative estimate of drug-likeness (QED) is 0.698. The minimum atomic E-state index is 0.598. The van der Waals surface area contributed by atoms with Crippen molar-refractivity contribution in [3.05, 3.63) is 89.5 Å². The van der Waals surface area contributed by atoms with Crippen molar-refractivity contribution >= 4 is 17.1 Å². The fraction of sp³-hybridized carbons (Fsp3) is 0.0500. The van der Waals surface area contributed by atoms with Gasteiger partial charge in [0.1, 0.15) is 6.07 Å². The van der Waals surface area contributed by atoms with E-state index in [1.807, 2.05) is 54.6 Å². The van der Waals surface area contributed by atoms with E-state index in [0.29, 0.717) is 11.3 Å². The molecule has 3 aromatic rings. The fourth-order valence-corrected chi connectivity index (χ4v) is 2.49. The molecule has 3 nitrogen and oxygen atoms in total. The summed E-state index contributed by atoms with van der Waals surface area (Å²) in [6.07, 6.45) is 0.843. The molecule has 3 heteroatoms. The Balaban J connectivity index is 1.88. The molecule has 3 N–H and O–H groups in total. The molecule has 0 radical (unpaired) electrons. The highest BCUT2D eigenvalue weighted by molar-refractivity contribution is 5.75. The Morgan fingerprint density at radius 2 is 1.57 bits per heavy atom. The van der Waals surface area contributed by atoms with Crippen molar-refractivity contribution in [1.29, 1.82) is 5.26 Å². The van der Waals surface area contributed by atoms with E-state index >= 15 is 0 Å². The third-order valence-corrected chi connectivity index (χ3v) is 3.69. The van der Waals surface area contributed by atoms with Gasteiger partial charge in [-0.1, -0.05) is 48.5 Å². The highest BCUT2D eigenvalue weighted by Gasteiger charge is 2.06. The van der Waals surface area contributed by atoms with Crippen LogP contribution in [0.15, 0.2) is 72.8 Å². The summed E-state index contributed by atoms with van der Waals surface area (Å²) < 4.78 is 0. The minimum Gasteiger partial charge on any atom is -0.397 e. The minimum absolute atomic E-state index is 0.598. The average Bonchev–Trinajstić information content (AvgIpc) is 2.59. The van der Waals surface area contributed by atoms with Crippen LogP contribution in [0.4, 0.5) is 17.1 Å². The highest BCUT2D eigenvalue weighted by Crippen LogP contribution is 2.27. The van der Waals surface area contributed by atoms with Crippen molar-refractivity contribution in [3.8, 4) is 6.07 Å². The molecule has 3 rings (SSSR count). The van der Waals surface area contributed by atoms with E-state index in [9.17, 15) is 5.26 Å². The molecule has 0 aliphatic rings. The molecule has 0 saturated carbocycles. The fourth-order valence-electron chi connectivity index (χ4n) is 2.49. The standard InChI is InChI=1S/C20H17N3/c21-14-17-8-4-5-9-19(17)23-20-13-16(10-11-18(20)22)12-15-6-2-1-3-7-15/h1-11,13,23H,12,22H2. The Morgan fingerprint density at radius 1 is 0.826 bits per heavy atom. The number of rotatable bonds is 4. The molecular formula is C20H17N3. The maximum atomic E-state index is 9.19. The van der Waals surface area contributed by atoms with Crippen molar-refractivity contribution in [3.63, 3.8) is 0 Å². The first-order valence-corrected chi connectivity index (χ1v) is 7.45. The second kappa shape index (κ2) is 6.67. The van der Waals surface area contributed by atoms with Crippen LogP contribution < -0.4 is 11.1 Å². The van der Waals surface area contributed by atoms with Crippen molar-refractivity contribution in [2.24, 2.45) is 0 Å². The van der Waals surface area contributed by atoms with Crippen LogP contribution in [-0.2, 0) is 6.42 Å². The zero-order valence-corrected chi connectivity index (χ0v) is 12.7. The molecule has 0 aliphatic carbocycles. The van der Waals surface area contributed by atoms with Gasteiger partial charge in [0.05, 0.1) is 22.6 Å². The summed E-state index contributed by atoms with van der Waals surface area (Å²) in [4.78, 5) is 0. The largest absolute Gasteiger partial charge is 0.397 e. The lowest BCUT2D eigenvalue weighted by atomic mass is 10.0. The molecule has 0 heterocycles. The van der Waals surface area contributed by atoms with E-state index in [1.54, 1.807) is 6.07 Å². The van der Waals surface area contributed by atoms with E-state index in [0.717, 1.165) is 17.8 Å². The molecule has 23 heavy (non-hydrogen) atoms. The molecule has 0 fully saturated rings. The summed E-state index contributed by atoms with van der Waals surface area (Å²) in [7, 11) is 0. The number of nitriles is 1. The first-order valence-electron chi connectivity index (χ1n) is 7.45. The lowest BCUT2D eigenvalue weighted by molar-refractivity contribution is 1.19. The predicted octanol–water partition coefficient (Wildman–Crippen LogP) is 4.47. The van der Waals surface area contributed by atoms with Gasteiger partial charge < -0.3 is 11.1 Å². The molecule has 112 valence electrons. The van der Waals surface area contributed by atoms with Gasteiger partial charge in [-0.15, -0.1) is 0 Å². The van der Waals surface area contributed by atoms with Crippen LogP contribution in [0.2, 0.25) is 0 Å². The number of hydrogen-bond acceptors (Lipinski definition) is 3. The Labute approximate surface area is 136 Å². The van der Waals surface area contributed by atoms with Crippen LogP contribution in [0.25, 0.3) is 0 Å². The van der Waals surface area contributed by atoms with Crippen LogP contribution in [0.5, 0.6) is 0 Å². The van der Waals surface area contributed by atoms with Gasteiger partial charge in [0.25, 0.3) is 0 Å². The summed E-state index contributed by atoms with van der Waals surface area (Å²) in [6.45, 7) is 0. The van der Waals surface area contributed by atoms with Gasteiger partial charge in [0.15, 0.2) is 0 Å². The summed E-state index contributed by atoms with van der Waals surface area (Å²) in [6, 6.07) is 25.9. The van der Waals surface area contributed by atoms with Crippen molar-refractivity contribution in [2.45, 2.75) is 6.42 Å². The Kier molecular flexibility index (Phi) is 4.26. The smallest absolute Gasteiger partial charge is 0.101 e. The Hall–Kier alpha value is -3.25. The number of anilines is 3. The SMILES string of the molecule is N#Cc1ccccc1Nc1cc(Cc2ccccc2)ccc1N.